The number of aryl methyl sites for hydroxylation is 2. The van der Waals surface area contributed by atoms with Gasteiger partial charge in [-0.2, -0.15) is 0 Å². The molecule has 0 spiro atoms. The summed E-state index contributed by atoms with van der Waals surface area (Å²) in [6, 6.07) is 8.62. The average Bonchev–Trinajstić information content (AvgIpc) is 2.96. The van der Waals surface area contributed by atoms with Crippen molar-refractivity contribution in [2.24, 2.45) is 0 Å². The molecule has 3 aromatic rings. The molecule has 0 unspecified atom stereocenters. The van der Waals surface area contributed by atoms with E-state index in [-0.39, 0.29) is 6.61 Å². The van der Waals surface area contributed by atoms with Gasteiger partial charge in [-0.05, 0) is 24.5 Å². The van der Waals surface area contributed by atoms with Crippen molar-refractivity contribution in [2.75, 3.05) is 18.5 Å². The number of aliphatic hydroxyl groups excluding tert-OH is 1. The highest BCUT2D eigenvalue weighted by Gasteiger charge is 2.14. The van der Waals surface area contributed by atoms with Crippen molar-refractivity contribution >= 4 is 27.4 Å². The molecule has 0 radical (unpaired) electrons. The maximum Gasteiger partial charge on any atom is 0.139 e. The lowest BCUT2D eigenvalue weighted by molar-refractivity contribution is 0.311. The number of thiophene rings is 1. The Labute approximate surface area is 133 Å². The Morgan fingerprint density at radius 2 is 1.95 bits per heavy atom. The van der Waals surface area contributed by atoms with Crippen LogP contribution in [0.25, 0.3) is 21.3 Å². The summed E-state index contributed by atoms with van der Waals surface area (Å²) in [6.07, 6.45) is 1.04. The second kappa shape index (κ2) is 6.42. The van der Waals surface area contributed by atoms with Crippen LogP contribution in [-0.2, 0) is 6.42 Å². The maximum absolute atomic E-state index is 9.06. The summed E-state index contributed by atoms with van der Waals surface area (Å²) in [4.78, 5) is 10.0. The lowest BCUT2D eigenvalue weighted by atomic mass is 10.0. The fraction of sp³-hybridized carbons (Fsp3) is 0.294. The minimum atomic E-state index is 0.0786. The minimum absolute atomic E-state index is 0.0786. The molecular formula is C17H19N3OS. The molecule has 0 fully saturated rings. The van der Waals surface area contributed by atoms with Gasteiger partial charge in [-0.25, -0.2) is 9.97 Å². The van der Waals surface area contributed by atoms with Gasteiger partial charge in [-0.1, -0.05) is 31.2 Å². The fourth-order valence-electron chi connectivity index (χ4n) is 2.48. The summed E-state index contributed by atoms with van der Waals surface area (Å²) < 4.78 is 0. The molecule has 114 valence electrons. The van der Waals surface area contributed by atoms with Gasteiger partial charge in [0.2, 0.25) is 0 Å². The van der Waals surface area contributed by atoms with Gasteiger partial charge in [-0.15, -0.1) is 11.3 Å². The summed E-state index contributed by atoms with van der Waals surface area (Å²) in [7, 11) is 0. The second-order valence-electron chi connectivity index (χ2n) is 5.15. The topological polar surface area (TPSA) is 58.0 Å². The van der Waals surface area contributed by atoms with E-state index in [0.29, 0.717) is 6.54 Å². The predicted molar refractivity (Wildman–Crippen MR) is 92.5 cm³/mol. The van der Waals surface area contributed by atoms with E-state index in [1.165, 1.54) is 11.1 Å². The van der Waals surface area contributed by atoms with Gasteiger partial charge in [0.25, 0.3) is 0 Å². The molecule has 5 heteroatoms. The van der Waals surface area contributed by atoms with E-state index < -0.39 is 0 Å². The van der Waals surface area contributed by atoms with Gasteiger partial charge in [0.15, 0.2) is 0 Å². The minimum Gasteiger partial charge on any atom is -0.395 e. The van der Waals surface area contributed by atoms with Crippen LogP contribution in [0.15, 0.2) is 29.6 Å². The van der Waals surface area contributed by atoms with Crippen LogP contribution in [0.4, 0.5) is 5.82 Å². The Hall–Kier alpha value is -1.98. The van der Waals surface area contributed by atoms with Crippen LogP contribution in [0, 0.1) is 6.92 Å². The van der Waals surface area contributed by atoms with E-state index in [1.807, 2.05) is 6.92 Å². The molecule has 0 saturated heterocycles. The molecule has 4 nitrogen and oxygen atoms in total. The number of hydrogen-bond donors (Lipinski definition) is 2. The number of aliphatic hydroxyl groups is 1. The summed E-state index contributed by atoms with van der Waals surface area (Å²) in [5, 5.41) is 15.4. The smallest absolute Gasteiger partial charge is 0.139 e. The van der Waals surface area contributed by atoms with Crippen molar-refractivity contribution in [1.82, 2.24) is 9.97 Å². The molecule has 2 N–H and O–H groups in total. The van der Waals surface area contributed by atoms with Gasteiger partial charge >= 0.3 is 0 Å². The number of hydrogen-bond acceptors (Lipinski definition) is 5. The van der Waals surface area contributed by atoms with E-state index in [1.54, 1.807) is 11.3 Å². The van der Waals surface area contributed by atoms with Crippen molar-refractivity contribution in [3.05, 3.63) is 41.0 Å². The van der Waals surface area contributed by atoms with Gasteiger partial charge in [0.1, 0.15) is 16.5 Å². The van der Waals surface area contributed by atoms with E-state index in [2.05, 4.69) is 51.9 Å². The van der Waals surface area contributed by atoms with Crippen molar-refractivity contribution in [2.45, 2.75) is 20.3 Å². The van der Waals surface area contributed by atoms with Crippen LogP contribution < -0.4 is 5.32 Å². The molecule has 0 aliphatic rings. The molecule has 22 heavy (non-hydrogen) atoms. The number of anilines is 1. The highest BCUT2D eigenvalue weighted by molar-refractivity contribution is 7.17. The third-order valence-corrected chi connectivity index (χ3v) is 4.50. The monoisotopic (exact) mass is 313 g/mol. The van der Waals surface area contributed by atoms with E-state index in [0.717, 1.165) is 33.8 Å². The lowest BCUT2D eigenvalue weighted by Gasteiger charge is -2.08. The number of aromatic nitrogens is 2. The van der Waals surface area contributed by atoms with Crippen LogP contribution >= 0.6 is 11.3 Å². The van der Waals surface area contributed by atoms with Crippen LogP contribution in [0.5, 0.6) is 0 Å². The largest absolute Gasteiger partial charge is 0.395 e. The molecule has 0 aliphatic heterocycles. The van der Waals surface area contributed by atoms with Crippen LogP contribution in [0.1, 0.15) is 18.3 Å². The molecule has 1 aromatic carbocycles. The van der Waals surface area contributed by atoms with E-state index in [4.69, 9.17) is 5.11 Å². The van der Waals surface area contributed by atoms with Crippen LogP contribution in [-0.4, -0.2) is 28.2 Å². The molecule has 0 bridgehead atoms. The Balaban J connectivity index is 2.12. The Morgan fingerprint density at radius 1 is 1.18 bits per heavy atom. The number of benzene rings is 1. The summed E-state index contributed by atoms with van der Waals surface area (Å²) in [6.45, 7) is 4.60. The molecule has 0 atom stereocenters. The summed E-state index contributed by atoms with van der Waals surface area (Å²) >= 11 is 1.63. The lowest BCUT2D eigenvalue weighted by Crippen LogP contribution is -2.08. The number of fused-ring (bicyclic) bond motifs is 1. The number of rotatable bonds is 5. The standard InChI is InChI=1S/C17H19N3OS/c1-3-12-4-6-13(7-5-12)14-10-22-17-15(14)16(18-8-9-21)19-11(2)20-17/h4-7,10,21H,3,8-9H2,1-2H3,(H,18,19,20). The third kappa shape index (κ3) is 2.82. The van der Waals surface area contributed by atoms with Crippen LogP contribution in [0.3, 0.4) is 0 Å². The maximum atomic E-state index is 9.06. The number of nitrogens with zero attached hydrogens (tertiary/aromatic N) is 2. The molecular weight excluding hydrogens is 294 g/mol. The van der Waals surface area contributed by atoms with Crippen molar-refractivity contribution in [1.29, 1.82) is 0 Å². The highest BCUT2D eigenvalue weighted by atomic mass is 32.1. The quantitative estimate of drug-likeness (QED) is 0.755. The van der Waals surface area contributed by atoms with Gasteiger partial charge in [0.05, 0.1) is 12.0 Å². The van der Waals surface area contributed by atoms with E-state index in [9.17, 15) is 0 Å². The van der Waals surface area contributed by atoms with E-state index >= 15 is 0 Å². The molecule has 2 aromatic heterocycles. The van der Waals surface area contributed by atoms with Gasteiger partial charge in [-0.3, -0.25) is 0 Å². The van der Waals surface area contributed by atoms with Crippen molar-refractivity contribution in [3.63, 3.8) is 0 Å². The molecule has 3 rings (SSSR count). The normalized spacial score (nSPS) is 11.0. The predicted octanol–water partition coefficient (Wildman–Crippen LogP) is 3.63. The number of nitrogens with one attached hydrogen (secondary N) is 1. The van der Waals surface area contributed by atoms with Crippen LogP contribution in [0.2, 0.25) is 0 Å². The molecule has 0 aliphatic carbocycles. The zero-order valence-electron chi connectivity index (χ0n) is 12.8. The third-order valence-electron chi connectivity index (χ3n) is 3.62. The zero-order valence-corrected chi connectivity index (χ0v) is 13.6. The SMILES string of the molecule is CCc1ccc(-c2csc3nc(C)nc(NCCO)c23)cc1. The highest BCUT2D eigenvalue weighted by Crippen LogP contribution is 2.36. The van der Waals surface area contributed by atoms with Crippen molar-refractivity contribution in [3.8, 4) is 11.1 Å². The average molecular weight is 313 g/mol. The van der Waals surface area contributed by atoms with Gasteiger partial charge in [0, 0.05) is 17.5 Å². The van der Waals surface area contributed by atoms with Gasteiger partial charge < -0.3 is 10.4 Å². The summed E-state index contributed by atoms with van der Waals surface area (Å²) in [5.74, 6) is 1.54. The molecule has 0 amide bonds. The first-order valence-electron chi connectivity index (χ1n) is 7.42. The zero-order chi connectivity index (χ0) is 15.5. The first-order valence-corrected chi connectivity index (χ1v) is 8.30. The Bertz CT molecular complexity index is 780. The summed E-state index contributed by atoms with van der Waals surface area (Å²) in [5.41, 5.74) is 3.64. The Kier molecular flexibility index (Phi) is 4.36. The molecule has 0 saturated carbocycles. The first-order chi connectivity index (χ1) is 10.7. The Morgan fingerprint density at radius 3 is 2.64 bits per heavy atom. The first kappa shape index (κ1) is 14.9. The second-order valence-corrected chi connectivity index (χ2v) is 6.01. The fourth-order valence-corrected chi connectivity index (χ4v) is 3.48. The van der Waals surface area contributed by atoms with Crippen molar-refractivity contribution < 1.29 is 5.11 Å². The molecule has 2 heterocycles.